The van der Waals surface area contributed by atoms with Gasteiger partial charge in [-0.25, -0.2) is 4.98 Å². The zero-order chi connectivity index (χ0) is 12.5. The lowest BCUT2D eigenvalue weighted by Crippen LogP contribution is -1.87. The second kappa shape index (κ2) is 4.18. The summed E-state index contributed by atoms with van der Waals surface area (Å²) in [5, 5.41) is 3.16. The molecule has 1 heterocycles. The molecule has 0 atom stereocenters. The quantitative estimate of drug-likeness (QED) is 0.715. The monoisotopic (exact) mass is 237 g/mol. The third-order valence-corrected chi connectivity index (χ3v) is 3.08. The van der Waals surface area contributed by atoms with Gasteiger partial charge in [-0.1, -0.05) is 18.2 Å². The molecule has 0 fully saturated rings. The van der Waals surface area contributed by atoms with Crippen LogP contribution in [0.4, 0.5) is 5.69 Å². The van der Waals surface area contributed by atoms with Crippen LogP contribution in [0.3, 0.4) is 0 Å². The molecule has 3 rings (SSSR count). The van der Waals surface area contributed by atoms with Crippen LogP contribution in [-0.2, 0) is 0 Å². The van der Waals surface area contributed by atoms with E-state index in [4.69, 9.17) is 0 Å². The highest BCUT2D eigenvalue weighted by Gasteiger charge is 2.03. The molecule has 0 aliphatic carbocycles. The average molecular weight is 237 g/mol. The van der Waals surface area contributed by atoms with Gasteiger partial charge in [0.25, 0.3) is 0 Å². The van der Waals surface area contributed by atoms with E-state index in [1.54, 1.807) is 0 Å². The van der Waals surface area contributed by atoms with E-state index in [1.807, 2.05) is 14.0 Å². The van der Waals surface area contributed by atoms with Gasteiger partial charge in [-0.3, -0.25) is 0 Å². The number of hydrogen-bond donors (Lipinski definition) is 2. The van der Waals surface area contributed by atoms with Gasteiger partial charge in [0.2, 0.25) is 0 Å². The number of nitrogens with one attached hydrogen (secondary N) is 2. The van der Waals surface area contributed by atoms with Crippen molar-refractivity contribution >= 4 is 16.7 Å². The summed E-state index contributed by atoms with van der Waals surface area (Å²) in [7, 11) is 1.93. The van der Waals surface area contributed by atoms with E-state index in [1.165, 1.54) is 11.1 Å². The number of imidazole rings is 1. The predicted molar refractivity (Wildman–Crippen MR) is 75.8 cm³/mol. The summed E-state index contributed by atoms with van der Waals surface area (Å²) >= 11 is 0. The Morgan fingerprint density at radius 3 is 2.72 bits per heavy atom. The van der Waals surface area contributed by atoms with Crippen molar-refractivity contribution in [1.29, 1.82) is 0 Å². The number of fused-ring (bicyclic) bond motifs is 1. The first-order valence-electron chi connectivity index (χ1n) is 6.01. The molecule has 2 aromatic carbocycles. The Bertz CT molecular complexity index is 698. The van der Waals surface area contributed by atoms with Crippen molar-refractivity contribution in [2.24, 2.45) is 0 Å². The van der Waals surface area contributed by atoms with Gasteiger partial charge in [-0.15, -0.1) is 0 Å². The number of aromatic nitrogens is 2. The Labute approximate surface area is 106 Å². The van der Waals surface area contributed by atoms with Crippen LogP contribution >= 0.6 is 0 Å². The highest BCUT2D eigenvalue weighted by atomic mass is 14.9. The lowest BCUT2D eigenvalue weighted by atomic mass is 10.0. The molecule has 1 aromatic heterocycles. The Balaban J connectivity index is 2.12. The molecule has 18 heavy (non-hydrogen) atoms. The summed E-state index contributed by atoms with van der Waals surface area (Å²) in [6.07, 6.45) is 0. The minimum Gasteiger partial charge on any atom is -0.388 e. The zero-order valence-corrected chi connectivity index (χ0v) is 10.5. The molecule has 0 aliphatic heterocycles. The average Bonchev–Trinajstić information content (AvgIpc) is 2.77. The minimum atomic E-state index is 0.950. The summed E-state index contributed by atoms with van der Waals surface area (Å²) in [4.78, 5) is 7.68. The highest BCUT2D eigenvalue weighted by Crippen LogP contribution is 2.25. The molecule has 0 saturated carbocycles. The number of anilines is 1. The minimum absolute atomic E-state index is 0.950. The maximum atomic E-state index is 4.41. The Kier molecular flexibility index (Phi) is 2.52. The van der Waals surface area contributed by atoms with Crippen LogP contribution in [0, 0.1) is 6.92 Å². The number of aromatic amines is 1. The third kappa shape index (κ3) is 1.84. The van der Waals surface area contributed by atoms with Gasteiger partial charge < -0.3 is 10.3 Å². The topological polar surface area (TPSA) is 40.7 Å². The van der Waals surface area contributed by atoms with Crippen molar-refractivity contribution in [3.8, 4) is 11.1 Å². The van der Waals surface area contributed by atoms with Crippen molar-refractivity contribution < 1.29 is 0 Å². The molecule has 0 saturated heterocycles. The van der Waals surface area contributed by atoms with Crippen LogP contribution in [0.15, 0.2) is 42.5 Å². The van der Waals surface area contributed by atoms with E-state index < -0.39 is 0 Å². The molecule has 3 aromatic rings. The number of H-pyrrole nitrogens is 1. The number of benzene rings is 2. The standard InChI is InChI=1S/C15H15N3/c1-10-17-14-7-6-12(9-15(14)18-10)11-4-3-5-13(8-11)16-2/h3-9,16H,1-2H3,(H,17,18). The van der Waals surface area contributed by atoms with Gasteiger partial charge in [0.1, 0.15) is 5.82 Å². The molecule has 0 bridgehead atoms. The van der Waals surface area contributed by atoms with Crippen LogP contribution in [0.5, 0.6) is 0 Å². The number of aryl methyl sites for hydroxylation is 1. The molecule has 0 spiro atoms. The van der Waals surface area contributed by atoms with Gasteiger partial charge >= 0.3 is 0 Å². The van der Waals surface area contributed by atoms with Crippen LogP contribution in [0.2, 0.25) is 0 Å². The molecule has 0 radical (unpaired) electrons. The van der Waals surface area contributed by atoms with Crippen molar-refractivity contribution in [2.75, 3.05) is 12.4 Å². The Morgan fingerprint density at radius 2 is 1.89 bits per heavy atom. The summed E-state index contributed by atoms with van der Waals surface area (Å²) in [6.45, 7) is 1.97. The summed E-state index contributed by atoms with van der Waals surface area (Å²) in [6, 6.07) is 14.7. The van der Waals surface area contributed by atoms with Crippen LogP contribution < -0.4 is 5.32 Å². The molecule has 90 valence electrons. The van der Waals surface area contributed by atoms with E-state index in [9.17, 15) is 0 Å². The summed E-state index contributed by atoms with van der Waals surface area (Å²) < 4.78 is 0. The molecule has 3 nitrogen and oxygen atoms in total. The van der Waals surface area contributed by atoms with Crippen LogP contribution in [-0.4, -0.2) is 17.0 Å². The Morgan fingerprint density at radius 1 is 1.06 bits per heavy atom. The van der Waals surface area contributed by atoms with Crippen LogP contribution in [0.25, 0.3) is 22.2 Å². The van der Waals surface area contributed by atoms with Crippen molar-refractivity contribution in [2.45, 2.75) is 6.92 Å². The first-order chi connectivity index (χ1) is 8.76. The molecule has 3 heteroatoms. The van der Waals surface area contributed by atoms with Gasteiger partial charge in [-0.2, -0.15) is 0 Å². The predicted octanol–water partition coefficient (Wildman–Crippen LogP) is 3.58. The van der Waals surface area contributed by atoms with Gasteiger partial charge in [0, 0.05) is 12.7 Å². The van der Waals surface area contributed by atoms with Crippen molar-refractivity contribution in [3.63, 3.8) is 0 Å². The Hall–Kier alpha value is -2.29. The second-order valence-electron chi connectivity index (χ2n) is 4.38. The maximum absolute atomic E-state index is 4.41. The SMILES string of the molecule is CNc1cccc(-c2ccc3nc(C)[nH]c3c2)c1. The first kappa shape index (κ1) is 10.8. The molecular formula is C15H15N3. The van der Waals surface area contributed by atoms with E-state index >= 15 is 0 Å². The normalized spacial score (nSPS) is 10.8. The molecular weight excluding hydrogens is 222 g/mol. The number of hydrogen-bond acceptors (Lipinski definition) is 2. The fourth-order valence-corrected chi connectivity index (χ4v) is 2.17. The third-order valence-electron chi connectivity index (χ3n) is 3.08. The number of nitrogens with zero attached hydrogens (tertiary/aromatic N) is 1. The number of rotatable bonds is 2. The maximum Gasteiger partial charge on any atom is 0.104 e. The van der Waals surface area contributed by atoms with Crippen molar-refractivity contribution in [3.05, 3.63) is 48.3 Å². The van der Waals surface area contributed by atoms with Gasteiger partial charge in [-0.05, 0) is 42.3 Å². The van der Waals surface area contributed by atoms with E-state index in [0.29, 0.717) is 0 Å². The van der Waals surface area contributed by atoms with E-state index in [2.05, 4.69) is 57.7 Å². The fourth-order valence-electron chi connectivity index (χ4n) is 2.17. The van der Waals surface area contributed by atoms with E-state index in [-0.39, 0.29) is 0 Å². The van der Waals surface area contributed by atoms with Gasteiger partial charge in [0.05, 0.1) is 11.0 Å². The van der Waals surface area contributed by atoms with E-state index in [0.717, 1.165) is 22.5 Å². The molecule has 0 amide bonds. The lowest BCUT2D eigenvalue weighted by Gasteiger charge is -2.05. The van der Waals surface area contributed by atoms with Crippen LogP contribution in [0.1, 0.15) is 5.82 Å². The molecule has 0 aliphatic rings. The molecule has 2 N–H and O–H groups in total. The lowest BCUT2D eigenvalue weighted by molar-refractivity contribution is 1.17. The zero-order valence-electron chi connectivity index (χ0n) is 10.5. The second-order valence-corrected chi connectivity index (χ2v) is 4.38. The largest absolute Gasteiger partial charge is 0.388 e. The first-order valence-corrected chi connectivity index (χ1v) is 6.01. The smallest absolute Gasteiger partial charge is 0.104 e. The summed E-state index contributed by atoms with van der Waals surface area (Å²) in [5.74, 6) is 0.950. The molecule has 0 unspecified atom stereocenters. The van der Waals surface area contributed by atoms with Crippen molar-refractivity contribution in [1.82, 2.24) is 9.97 Å². The fraction of sp³-hybridized carbons (Fsp3) is 0.133. The van der Waals surface area contributed by atoms with Gasteiger partial charge in [0.15, 0.2) is 0 Å². The summed E-state index contributed by atoms with van der Waals surface area (Å²) in [5.41, 5.74) is 5.62. The highest BCUT2D eigenvalue weighted by molar-refractivity contribution is 5.82.